The van der Waals surface area contributed by atoms with E-state index in [0.717, 1.165) is 15.3 Å². The fourth-order valence-corrected chi connectivity index (χ4v) is 6.37. The summed E-state index contributed by atoms with van der Waals surface area (Å²) in [6.07, 6.45) is 3.35. The lowest BCUT2D eigenvalue weighted by molar-refractivity contribution is -0.127. The predicted molar refractivity (Wildman–Crippen MR) is 102 cm³/mol. The van der Waals surface area contributed by atoms with Gasteiger partial charge < -0.3 is 4.90 Å². The van der Waals surface area contributed by atoms with Crippen LogP contribution in [-0.4, -0.2) is 49.7 Å². The average molecular weight is 397 g/mol. The van der Waals surface area contributed by atoms with Crippen LogP contribution in [0.5, 0.6) is 0 Å². The molecule has 2 aromatic rings. The van der Waals surface area contributed by atoms with E-state index in [-0.39, 0.29) is 5.91 Å². The molecule has 3 heterocycles. The van der Waals surface area contributed by atoms with E-state index in [1.807, 2.05) is 30.7 Å². The monoisotopic (exact) mass is 396 g/mol. The van der Waals surface area contributed by atoms with Crippen molar-refractivity contribution in [1.82, 2.24) is 9.21 Å². The summed E-state index contributed by atoms with van der Waals surface area (Å²) in [6.45, 7) is 5.22. The van der Waals surface area contributed by atoms with Gasteiger partial charge in [0.2, 0.25) is 15.9 Å². The Morgan fingerprint density at radius 3 is 2.48 bits per heavy atom. The number of thiophene rings is 2. The SMILES string of the molecule is Cc1cc(S(=O)(=O)N2CCN(C(=O)/C=C/c3ccsc3)CC2)c(C)s1. The summed E-state index contributed by atoms with van der Waals surface area (Å²) < 4.78 is 27.1. The Labute approximate surface area is 156 Å². The zero-order valence-electron chi connectivity index (χ0n) is 14.1. The molecule has 0 radical (unpaired) electrons. The third kappa shape index (κ3) is 4.03. The number of aryl methyl sites for hydroxylation is 2. The maximum Gasteiger partial charge on any atom is 0.246 e. The molecule has 0 aliphatic carbocycles. The quantitative estimate of drug-likeness (QED) is 0.747. The van der Waals surface area contributed by atoms with Crippen LogP contribution in [0, 0.1) is 13.8 Å². The van der Waals surface area contributed by atoms with E-state index < -0.39 is 10.0 Å². The van der Waals surface area contributed by atoms with Crippen LogP contribution in [0.1, 0.15) is 15.3 Å². The van der Waals surface area contributed by atoms with Gasteiger partial charge in [0.25, 0.3) is 0 Å². The molecular weight excluding hydrogens is 376 g/mol. The molecule has 134 valence electrons. The predicted octanol–water partition coefficient (Wildman–Crippen LogP) is 2.97. The molecule has 0 N–H and O–H groups in total. The van der Waals surface area contributed by atoms with Crippen molar-refractivity contribution in [1.29, 1.82) is 0 Å². The molecule has 25 heavy (non-hydrogen) atoms. The van der Waals surface area contributed by atoms with Crippen molar-refractivity contribution in [2.75, 3.05) is 26.2 Å². The van der Waals surface area contributed by atoms with Gasteiger partial charge in [0.1, 0.15) is 0 Å². The third-order valence-electron chi connectivity index (χ3n) is 4.13. The lowest BCUT2D eigenvalue weighted by atomic mass is 10.3. The molecule has 0 bridgehead atoms. The number of hydrogen-bond acceptors (Lipinski definition) is 5. The molecular formula is C17H20N2O3S3. The molecule has 1 fully saturated rings. The average Bonchev–Trinajstić information content (AvgIpc) is 3.22. The highest BCUT2D eigenvalue weighted by Gasteiger charge is 2.31. The Morgan fingerprint density at radius 1 is 1.20 bits per heavy atom. The van der Waals surface area contributed by atoms with Gasteiger partial charge in [-0.15, -0.1) is 11.3 Å². The molecule has 3 rings (SSSR count). The fraction of sp³-hybridized carbons (Fsp3) is 0.353. The molecule has 0 aromatic carbocycles. The van der Waals surface area contributed by atoms with Gasteiger partial charge in [-0.25, -0.2) is 8.42 Å². The molecule has 8 heteroatoms. The summed E-state index contributed by atoms with van der Waals surface area (Å²) >= 11 is 3.07. The molecule has 0 saturated carbocycles. The highest BCUT2D eigenvalue weighted by molar-refractivity contribution is 7.89. The van der Waals surface area contributed by atoms with Crippen LogP contribution >= 0.6 is 22.7 Å². The van der Waals surface area contributed by atoms with Gasteiger partial charge >= 0.3 is 0 Å². The lowest BCUT2D eigenvalue weighted by Crippen LogP contribution is -2.50. The van der Waals surface area contributed by atoms with Gasteiger partial charge in [-0.1, -0.05) is 0 Å². The van der Waals surface area contributed by atoms with E-state index in [9.17, 15) is 13.2 Å². The van der Waals surface area contributed by atoms with Gasteiger partial charge in [-0.3, -0.25) is 4.79 Å². The second-order valence-electron chi connectivity index (χ2n) is 5.90. The molecule has 1 aliphatic heterocycles. The molecule has 1 amide bonds. The number of sulfonamides is 1. The summed E-state index contributed by atoms with van der Waals surface area (Å²) in [5, 5.41) is 3.93. The van der Waals surface area contributed by atoms with Crippen molar-refractivity contribution in [2.24, 2.45) is 0 Å². The molecule has 2 aromatic heterocycles. The summed E-state index contributed by atoms with van der Waals surface area (Å²) in [5.41, 5.74) is 1.00. The molecule has 0 atom stereocenters. The summed E-state index contributed by atoms with van der Waals surface area (Å²) in [4.78, 5) is 16.1. The van der Waals surface area contributed by atoms with Gasteiger partial charge in [-0.2, -0.15) is 15.6 Å². The van der Waals surface area contributed by atoms with Crippen LogP contribution in [0.2, 0.25) is 0 Å². The van der Waals surface area contributed by atoms with Crippen LogP contribution in [0.4, 0.5) is 0 Å². The summed E-state index contributed by atoms with van der Waals surface area (Å²) in [6, 6.07) is 3.68. The van der Waals surface area contributed by atoms with E-state index in [0.29, 0.717) is 31.1 Å². The number of amides is 1. The number of carbonyl (C=O) groups excluding carboxylic acids is 1. The first-order chi connectivity index (χ1) is 11.9. The maximum absolute atomic E-state index is 12.8. The first kappa shape index (κ1) is 18.3. The molecule has 1 aliphatic rings. The normalized spacial score (nSPS) is 16.6. The first-order valence-electron chi connectivity index (χ1n) is 7.94. The Hall–Kier alpha value is -1.48. The molecule has 1 saturated heterocycles. The number of nitrogens with zero attached hydrogens (tertiary/aromatic N) is 2. The van der Waals surface area contributed by atoms with Crippen LogP contribution in [0.15, 0.2) is 33.9 Å². The molecule has 0 spiro atoms. The zero-order valence-corrected chi connectivity index (χ0v) is 16.6. The third-order valence-corrected chi connectivity index (χ3v) is 7.95. The van der Waals surface area contributed by atoms with E-state index in [1.165, 1.54) is 15.6 Å². The topological polar surface area (TPSA) is 57.7 Å². The highest BCUT2D eigenvalue weighted by Crippen LogP contribution is 2.28. The van der Waals surface area contributed by atoms with Crippen LogP contribution in [-0.2, 0) is 14.8 Å². The second kappa shape index (κ2) is 7.41. The minimum Gasteiger partial charge on any atom is -0.337 e. The van der Waals surface area contributed by atoms with Crippen molar-refractivity contribution < 1.29 is 13.2 Å². The van der Waals surface area contributed by atoms with Gasteiger partial charge in [0.05, 0.1) is 4.90 Å². The zero-order chi connectivity index (χ0) is 18.0. The van der Waals surface area contributed by atoms with Crippen molar-refractivity contribution in [2.45, 2.75) is 18.7 Å². The van der Waals surface area contributed by atoms with Crippen LogP contribution < -0.4 is 0 Å². The van der Waals surface area contributed by atoms with E-state index in [2.05, 4.69) is 0 Å². The largest absolute Gasteiger partial charge is 0.337 e. The number of rotatable bonds is 4. The Balaban J connectivity index is 1.63. The standard InChI is InChI=1S/C17H20N2O3S3/c1-13-11-16(14(2)24-13)25(21,22)19-8-6-18(7-9-19)17(20)4-3-15-5-10-23-12-15/h3-5,10-12H,6-9H2,1-2H3/b4-3+. The molecule has 5 nitrogen and oxygen atoms in total. The summed E-state index contributed by atoms with van der Waals surface area (Å²) in [5.74, 6) is -0.0780. The van der Waals surface area contributed by atoms with Gasteiger partial charge in [0.15, 0.2) is 0 Å². The Kier molecular flexibility index (Phi) is 5.43. The smallest absolute Gasteiger partial charge is 0.246 e. The van der Waals surface area contributed by atoms with E-state index >= 15 is 0 Å². The van der Waals surface area contributed by atoms with Crippen LogP contribution in [0.25, 0.3) is 6.08 Å². The van der Waals surface area contributed by atoms with Crippen molar-refractivity contribution in [3.05, 3.63) is 44.3 Å². The second-order valence-corrected chi connectivity index (χ2v) is 10.0. The first-order valence-corrected chi connectivity index (χ1v) is 11.1. The van der Waals surface area contributed by atoms with Crippen molar-refractivity contribution in [3.63, 3.8) is 0 Å². The maximum atomic E-state index is 12.8. The Morgan fingerprint density at radius 2 is 1.92 bits per heavy atom. The number of hydrogen-bond donors (Lipinski definition) is 0. The summed E-state index contributed by atoms with van der Waals surface area (Å²) in [7, 11) is -3.48. The van der Waals surface area contributed by atoms with Crippen LogP contribution in [0.3, 0.4) is 0 Å². The number of carbonyl (C=O) groups is 1. The minimum atomic E-state index is -3.48. The van der Waals surface area contributed by atoms with Crippen molar-refractivity contribution in [3.8, 4) is 0 Å². The molecule has 0 unspecified atom stereocenters. The fourth-order valence-electron chi connectivity index (χ4n) is 2.79. The van der Waals surface area contributed by atoms with Gasteiger partial charge in [-0.05, 0) is 48.4 Å². The van der Waals surface area contributed by atoms with E-state index in [4.69, 9.17) is 0 Å². The minimum absolute atomic E-state index is 0.0780. The highest BCUT2D eigenvalue weighted by atomic mass is 32.2. The Bertz CT molecular complexity index is 874. The van der Waals surface area contributed by atoms with Crippen molar-refractivity contribution >= 4 is 44.7 Å². The lowest BCUT2D eigenvalue weighted by Gasteiger charge is -2.33. The number of piperazine rings is 1. The van der Waals surface area contributed by atoms with Gasteiger partial charge in [0, 0.05) is 42.0 Å². The van der Waals surface area contributed by atoms with E-state index in [1.54, 1.807) is 34.5 Å².